The molecule has 0 amide bonds. The second-order valence-electron chi connectivity index (χ2n) is 2.21. The van der Waals surface area contributed by atoms with E-state index < -0.39 is 11.9 Å². The maximum atomic E-state index is 11.9. The third-order valence-corrected chi connectivity index (χ3v) is 1.43. The van der Waals surface area contributed by atoms with Gasteiger partial charge in [0.2, 0.25) is 0 Å². The Kier molecular flexibility index (Phi) is 1.66. The standard InChI is InChI=1S/C6H6F3NO/c1-3-4(2)11-10-5(3)6(7,8)9/h1-2H3. The van der Waals surface area contributed by atoms with Gasteiger partial charge in [-0.3, -0.25) is 0 Å². The molecule has 1 aromatic heterocycles. The molecule has 1 aromatic rings. The molecule has 2 nitrogen and oxygen atoms in total. The number of hydrogen-bond acceptors (Lipinski definition) is 2. The van der Waals surface area contributed by atoms with Gasteiger partial charge in [-0.05, 0) is 13.8 Å². The lowest BCUT2D eigenvalue weighted by Gasteiger charge is -2.00. The fraction of sp³-hybridized carbons (Fsp3) is 0.500. The van der Waals surface area contributed by atoms with Crippen LogP contribution >= 0.6 is 0 Å². The van der Waals surface area contributed by atoms with E-state index in [4.69, 9.17) is 0 Å². The average Bonchev–Trinajstić information content (AvgIpc) is 2.11. The molecule has 0 fully saturated rings. The monoisotopic (exact) mass is 165 g/mol. The first-order valence-electron chi connectivity index (χ1n) is 2.93. The number of alkyl halides is 3. The summed E-state index contributed by atoms with van der Waals surface area (Å²) in [5, 5.41) is 2.89. The van der Waals surface area contributed by atoms with Crippen LogP contribution in [-0.4, -0.2) is 5.16 Å². The summed E-state index contributed by atoms with van der Waals surface area (Å²) in [6, 6.07) is 0. The summed E-state index contributed by atoms with van der Waals surface area (Å²) in [5.74, 6) is 0.206. The van der Waals surface area contributed by atoms with Crippen molar-refractivity contribution in [3.05, 3.63) is 17.0 Å². The topological polar surface area (TPSA) is 26.0 Å². The minimum Gasteiger partial charge on any atom is -0.361 e. The number of hydrogen-bond donors (Lipinski definition) is 0. The summed E-state index contributed by atoms with van der Waals surface area (Å²) >= 11 is 0. The Labute approximate surface area is 61.0 Å². The van der Waals surface area contributed by atoms with Crippen LogP contribution in [0.25, 0.3) is 0 Å². The fourth-order valence-electron chi connectivity index (χ4n) is 0.682. The third-order valence-electron chi connectivity index (χ3n) is 1.43. The van der Waals surface area contributed by atoms with Crippen molar-refractivity contribution in [1.29, 1.82) is 0 Å². The highest BCUT2D eigenvalue weighted by Crippen LogP contribution is 2.31. The van der Waals surface area contributed by atoms with E-state index in [-0.39, 0.29) is 11.3 Å². The molecule has 0 N–H and O–H groups in total. The quantitative estimate of drug-likeness (QED) is 0.589. The van der Waals surface area contributed by atoms with E-state index in [1.165, 1.54) is 13.8 Å². The number of aromatic nitrogens is 1. The minimum absolute atomic E-state index is 0.0532. The minimum atomic E-state index is -4.40. The summed E-state index contributed by atoms with van der Waals surface area (Å²) in [4.78, 5) is 0. The van der Waals surface area contributed by atoms with Gasteiger partial charge in [-0.2, -0.15) is 13.2 Å². The van der Waals surface area contributed by atoms with Gasteiger partial charge in [-0.15, -0.1) is 0 Å². The molecule has 0 spiro atoms. The van der Waals surface area contributed by atoms with Gasteiger partial charge in [0.15, 0.2) is 5.69 Å². The summed E-state index contributed by atoms with van der Waals surface area (Å²) in [6.45, 7) is 2.77. The molecule has 0 bridgehead atoms. The van der Waals surface area contributed by atoms with Crippen LogP contribution in [0.2, 0.25) is 0 Å². The summed E-state index contributed by atoms with van der Waals surface area (Å²) in [5.41, 5.74) is -0.882. The number of halogens is 3. The Hall–Kier alpha value is -1.00. The van der Waals surface area contributed by atoms with Gasteiger partial charge in [0.1, 0.15) is 5.76 Å². The molecule has 0 atom stereocenters. The van der Waals surface area contributed by atoms with Crippen LogP contribution in [-0.2, 0) is 6.18 Å². The number of rotatable bonds is 0. The molecular formula is C6H6F3NO. The summed E-state index contributed by atoms with van der Waals surface area (Å²) in [7, 11) is 0. The summed E-state index contributed by atoms with van der Waals surface area (Å²) in [6.07, 6.45) is -4.40. The Morgan fingerprint density at radius 3 is 2.00 bits per heavy atom. The highest BCUT2D eigenvalue weighted by molar-refractivity contribution is 5.21. The van der Waals surface area contributed by atoms with Crippen molar-refractivity contribution < 1.29 is 17.7 Å². The SMILES string of the molecule is Cc1onc(C(F)(F)F)c1C. The van der Waals surface area contributed by atoms with Crippen LogP contribution in [0.15, 0.2) is 4.52 Å². The second kappa shape index (κ2) is 2.25. The molecule has 0 unspecified atom stereocenters. The van der Waals surface area contributed by atoms with Crippen molar-refractivity contribution in [2.45, 2.75) is 20.0 Å². The first-order chi connectivity index (χ1) is 4.93. The zero-order chi connectivity index (χ0) is 8.65. The molecule has 0 radical (unpaired) electrons. The van der Waals surface area contributed by atoms with Crippen LogP contribution in [0.4, 0.5) is 13.2 Å². The highest BCUT2D eigenvalue weighted by atomic mass is 19.4. The zero-order valence-electron chi connectivity index (χ0n) is 5.99. The third kappa shape index (κ3) is 1.36. The molecule has 0 aliphatic heterocycles. The number of nitrogens with zero attached hydrogens (tertiary/aromatic N) is 1. The predicted octanol–water partition coefficient (Wildman–Crippen LogP) is 2.31. The lowest BCUT2D eigenvalue weighted by atomic mass is 10.2. The van der Waals surface area contributed by atoms with Gasteiger partial charge in [-0.25, -0.2) is 0 Å². The maximum absolute atomic E-state index is 11.9. The van der Waals surface area contributed by atoms with Crippen molar-refractivity contribution >= 4 is 0 Å². The molecule has 0 saturated carbocycles. The van der Waals surface area contributed by atoms with Gasteiger partial charge >= 0.3 is 6.18 Å². The Morgan fingerprint density at radius 2 is 1.82 bits per heavy atom. The predicted molar refractivity (Wildman–Crippen MR) is 31.0 cm³/mol. The second-order valence-corrected chi connectivity index (χ2v) is 2.21. The molecule has 0 aliphatic rings. The van der Waals surface area contributed by atoms with Crippen LogP contribution in [0.5, 0.6) is 0 Å². The molecular weight excluding hydrogens is 159 g/mol. The maximum Gasteiger partial charge on any atom is 0.437 e. The van der Waals surface area contributed by atoms with Gasteiger partial charge < -0.3 is 4.52 Å². The van der Waals surface area contributed by atoms with Gasteiger partial charge in [0.05, 0.1) is 0 Å². The smallest absolute Gasteiger partial charge is 0.361 e. The first-order valence-corrected chi connectivity index (χ1v) is 2.93. The van der Waals surface area contributed by atoms with Crippen LogP contribution < -0.4 is 0 Å². The molecule has 0 aromatic carbocycles. The van der Waals surface area contributed by atoms with Crippen molar-refractivity contribution in [2.75, 3.05) is 0 Å². The summed E-state index contributed by atoms with van der Waals surface area (Å²) < 4.78 is 40.2. The van der Waals surface area contributed by atoms with Gasteiger partial charge in [0.25, 0.3) is 0 Å². The van der Waals surface area contributed by atoms with E-state index in [1.54, 1.807) is 0 Å². The number of aryl methyl sites for hydroxylation is 1. The van der Waals surface area contributed by atoms with Gasteiger partial charge in [-0.1, -0.05) is 5.16 Å². The first kappa shape index (κ1) is 8.10. The van der Waals surface area contributed by atoms with E-state index in [0.29, 0.717) is 0 Å². The molecule has 5 heteroatoms. The molecule has 0 saturated heterocycles. The van der Waals surface area contributed by atoms with Crippen molar-refractivity contribution in [3.63, 3.8) is 0 Å². The molecule has 0 aliphatic carbocycles. The molecule has 62 valence electrons. The van der Waals surface area contributed by atoms with E-state index in [1.807, 2.05) is 0 Å². The fourth-order valence-corrected chi connectivity index (χ4v) is 0.682. The van der Waals surface area contributed by atoms with E-state index in [9.17, 15) is 13.2 Å². The molecule has 1 rings (SSSR count). The molecule has 1 heterocycles. The van der Waals surface area contributed by atoms with Crippen molar-refractivity contribution in [1.82, 2.24) is 5.16 Å². The Balaban J connectivity index is 3.15. The van der Waals surface area contributed by atoms with Crippen molar-refractivity contribution in [3.8, 4) is 0 Å². The molecule has 11 heavy (non-hydrogen) atoms. The van der Waals surface area contributed by atoms with Gasteiger partial charge in [0, 0.05) is 5.56 Å². The van der Waals surface area contributed by atoms with E-state index in [0.717, 1.165) is 0 Å². The zero-order valence-corrected chi connectivity index (χ0v) is 5.99. The lowest BCUT2D eigenvalue weighted by Crippen LogP contribution is -2.07. The Morgan fingerprint density at radius 1 is 1.27 bits per heavy atom. The van der Waals surface area contributed by atoms with E-state index >= 15 is 0 Å². The Bertz CT molecular complexity index is 263. The van der Waals surface area contributed by atoms with Crippen LogP contribution in [0, 0.1) is 13.8 Å². The normalized spacial score (nSPS) is 12.1. The largest absolute Gasteiger partial charge is 0.437 e. The van der Waals surface area contributed by atoms with Crippen molar-refractivity contribution in [2.24, 2.45) is 0 Å². The average molecular weight is 165 g/mol. The van der Waals surface area contributed by atoms with E-state index in [2.05, 4.69) is 9.68 Å². The lowest BCUT2D eigenvalue weighted by molar-refractivity contribution is -0.143. The van der Waals surface area contributed by atoms with Crippen LogP contribution in [0.3, 0.4) is 0 Å². The highest BCUT2D eigenvalue weighted by Gasteiger charge is 2.37. The van der Waals surface area contributed by atoms with Crippen LogP contribution in [0.1, 0.15) is 17.0 Å².